The van der Waals surface area contributed by atoms with Gasteiger partial charge in [-0.15, -0.1) is 11.3 Å². The summed E-state index contributed by atoms with van der Waals surface area (Å²) in [6.07, 6.45) is 5.77. The molecule has 6 rings (SSSR count). The van der Waals surface area contributed by atoms with E-state index < -0.39 is 29.7 Å². The van der Waals surface area contributed by atoms with Crippen molar-refractivity contribution in [2.75, 3.05) is 25.1 Å². The Morgan fingerprint density at radius 1 is 1.09 bits per heavy atom. The number of carbonyl (C=O) groups is 4. The largest absolute Gasteiger partial charge is 0.461 e. The van der Waals surface area contributed by atoms with Crippen molar-refractivity contribution in [3.05, 3.63) is 82.9 Å². The normalized spacial score (nSPS) is 17.8. The standard InChI is InChI=1S/C33H35N7O6S/c41-28(46-19-21-5-2-1-3-6-21)9-8-25-30(42)35-13-4-7-23-17-22(10-14-34-23)33-38-27(20-47-33)31(43)37-26-18-40(24-11-15-45-16-12-24)39-29(26)32(44)36-25/h1-3,5-6,10,14,17-18,20,24-25H,4,7-9,11-13,15-16,19H2,(H,35,42)(H,36,44)(H,37,43). The lowest BCUT2D eigenvalue weighted by atomic mass is 10.1. The fourth-order valence-electron chi connectivity index (χ4n) is 5.40. The number of amides is 3. The quantitative estimate of drug-likeness (QED) is 0.262. The van der Waals surface area contributed by atoms with Crippen LogP contribution in [0.4, 0.5) is 5.69 Å². The predicted octanol–water partition coefficient (Wildman–Crippen LogP) is 3.69. The number of pyridine rings is 1. The molecule has 47 heavy (non-hydrogen) atoms. The van der Waals surface area contributed by atoms with Crippen LogP contribution < -0.4 is 16.0 Å². The molecule has 3 amide bonds. The monoisotopic (exact) mass is 657 g/mol. The van der Waals surface area contributed by atoms with Crippen molar-refractivity contribution in [3.8, 4) is 10.6 Å². The average Bonchev–Trinajstić information content (AvgIpc) is 3.77. The molecule has 14 heteroatoms. The molecule has 4 aromatic rings. The first kappa shape index (κ1) is 32.0. The number of benzene rings is 1. The van der Waals surface area contributed by atoms with Crippen molar-refractivity contribution in [1.29, 1.82) is 0 Å². The van der Waals surface area contributed by atoms with E-state index in [0.717, 1.165) is 16.8 Å². The number of anilines is 1. The number of nitrogens with zero attached hydrogens (tertiary/aromatic N) is 4. The van der Waals surface area contributed by atoms with Gasteiger partial charge in [0.2, 0.25) is 5.91 Å². The second-order valence-corrected chi connectivity index (χ2v) is 12.2. The molecule has 4 bridgehead atoms. The van der Waals surface area contributed by atoms with Crippen molar-refractivity contribution in [1.82, 2.24) is 30.4 Å². The molecule has 0 saturated carbocycles. The second-order valence-electron chi connectivity index (χ2n) is 11.3. The van der Waals surface area contributed by atoms with Gasteiger partial charge >= 0.3 is 5.97 Å². The van der Waals surface area contributed by atoms with E-state index in [1.807, 2.05) is 42.5 Å². The first-order valence-electron chi connectivity index (χ1n) is 15.6. The first-order chi connectivity index (χ1) is 22.9. The van der Waals surface area contributed by atoms with E-state index in [0.29, 0.717) is 50.4 Å². The van der Waals surface area contributed by atoms with Crippen molar-refractivity contribution in [3.63, 3.8) is 0 Å². The van der Waals surface area contributed by atoms with Gasteiger partial charge in [-0.2, -0.15) is 5.10 Å². The van der Waals surface area contributed by atoms with E-state index in [-0.39, 0.29) is 42.6 Å². The lowest BCUT2D eigenvalue weighted by molar-refractivity contribution is -0.145. The zero-order chi connectivity index (χ0) is 32.6. The topological polar surface area (TPSA) is 166 Å². The zero-order valence-electron chi connectivity index (χ0n) is 25.6. The van der Waals surface area contributed by atoms with Crippen LogP contribution >= 0.6 is 11.3 Å². The van der Waals surface area contributed by atoms with E-state index in [1.165, 1.54) is 11.3 Å². The van der Waals surface area contributed by atoms with Crippen LogP contribution in [0.5, 0.6) is 0 Å². The fourth-order valence-corrected chi connectivity index (χ4v) is 6.20. The Labute approximate surface area is 275 Å². The number of aromatic nitrogens is 4. The minimum atomic E-state index is -1.06. The summed E-state index contributed by atoms with van der Waals surface area (Å²) in [5, 5.41) is 15.3. The van der Waals surface area contributed by atoms with Crippen molar-refractivity contribution < 1.29 is 28.7 Å². The number of hydrogen-bond donors (Lipinski definition) is 3. The summed E-state index contributed by atoms with van der Waals surface area (Å²) in [6.45, 7) is 1.53. The molecular weight excluding hydrogens is 622 g/mol. The summed E-state index contributed by atoms with van der Waals surface area (Å²) in [5.74, 6) is -2.11. The number of rotatable bonds is 6. The maximum Gasteiger partial charge on any atom is 0.306 e. The Bertz CT molecular complexity index is 1730. The SMILES string of the molecule is O=C(CCC1NC(=O)c2nn(C3CCOCC3)cc2NC(=O)c2csc(n2)-c2ccnc(c2)CCCNC1=O)OCc1ccccc1. The third kappa shape index (κ3) is 8.26. The maximum absolute atomic E-state index is 13.8. The highest BCUT2D eigenvalue weighted by Crippen LogP contribution is 2.27. The number of thiazole rings is 1. The van der Waals surface area contributed by atoms with Crippen LogP contribution in [0, 0.1) is 0 Å². The van der Waals surface area contributed by atoms with Gasteiger partial charge in [0.15, 0.2) is 5.69 Å². The Balaban J connectivity index is 1.25. The van der Waals surface area contributed by atoms with Crippen molar-refractivity contribution in [2.24, 2.45) is 0 Å². The Morgan fingerprint density at radius 2 is 1.91 bits per heavy atom. The fraction of sp³-hybridized carbons (Fsp3) is 0.364. The maximum atomic E-state index is 13.8. The van der Waals surface area contributed by atoms with Crippen LogP contribution in [0.1, 0.15) is 70.4 Å². The minimum absolute atomic E-state index is 0.00123. The van der Waals surface area contributed by atoms with Crippen molar-refractivity contribution >= 4 is 40.7 Å². The molecule has 3 N–H and O–H groups in total. The molecule has 2 aliphatic rings. The summed E-state index contributed by atoms with van der Waals surface area (Å²) in [7, 11) is 0. The van der Waals surface area contributed by atoms with Gasteiger partial charge in [-0.25, -0.2) is 4.98 Å². The molecule has 0 radical (unpaired) electrons. The third-order valence-corrected chi connectivity index (χ3v) is 8.86. The molecule has 1 unspecified atom stereocenters. The van der Waals surface area contributed by atoms with Crippen LogP contribution in [-0.2, 0) is 32.1 Å². The summed E-state index contributed by atoms with van der Waals surface area (Å²) < 4.78 is 12.5. The van der Waals surface area contributed by atoms with E-state index in [9.17, 15) is 19.2 Å². The Morgan fingerprint density at radius 3 is 2.74 bits per heavy atom. The van der Waals surface area contributed by atoms with Crippen LogP contribution in [0.15, 0.2) is 60.2 Å². The van der Waals surface area contributed by atoms with Gasteiger partial charge in [0, 0.05) is 55.2 Å². The zero-order valence-corrected chi connectivity index (χ0v) is 26.5. The van der Waals surface area contributed by atoms with Gasteiger partial charge in [-0.1, -0.05) is 30.3 Å². The number of nitrogens with one attached hydrogen (secondary N) is 3. The van der Waals surface area contributed by atoms with Crippen LogP contribution in [0.2, 0.25) is 0 Å². The number of carbonyl (C=O) groups excluding carboxylic acids is 4. The smallest absolute Gasteiger partial charge is 0.306 e. The Kier molecular flexibility index (Phi) is 10.3. The van der Waals surface area contributed by atoms with Crippen LogP contribution in [-0.4, -0.2) is 69.2 Å². The summed E-state index contributed by atoms with van der Waals surface area (Å²) in [6, 6.07) is 11.9. The third-order valence-electron chi connectivity index (χ3n) is 7.97. The van der Waals surface area contributed by atoms with E-state index in [1.54, 1.807) is 22.5 Å². The van der Waals surface area contributed by atoms with E-state index in [2.05, 4.69) is 31.0 Å². The molecule has 1 saturated heterocycles. The molecule has 0 spiro atoms. The highest BCUT2D eigenvalue weighted by atomic mass is 32.1. The number of aryl methyl sites for hydroxylation is 1. The molecular formula is C33H35N7O6S. The number of hydrogen-bond acceptors (Lipinski definition) is 10. The van der Waals surface area contributed by atoms with E-state index >= 15 is 0 Å². The van der Waals surface area contributed by atoms with Gasteiger partial charge in [0.25, 0.3) is 11.8 Å². The molecule has 13 nitrogen and oxygen atoms in total. The highest BCUT2D eigenvalue weighted by molar-refractivity contribution is 7.13. The molecule has 5 heterocycles. The summed E-state index contributed by atoms with van der Waals surface area (Å²) in [4.78, 5) is 62.2. The van der Waals surface area contributed by atoms with Gasteiger partial charge in [-0.05, 0) is 49.8 Å². The van der Waals surface area contributed by atoms with Crippen LogP contribution in [0.25, 0.3) is 10.6 Å². The van der Waals surface area contributed by atoms with Gasteiger partial charge in [0.05, 0.1) is 11.7 Å². The minimum Gasteiger partial charge on any atom is -0.461 e. The van der Waals surface area contributed by atoms with Crippen LogP contribution in [0.3, 0.4) is 0 Å². The molecule has 3 aromatic heterocycles. The molecule has 0 aliphatic carbocycles. The summed E-state index contributed by atoms with van der Waals surface area (Å²) in [5.41, 5.74) is 2.81. The lowest BCUT2D eigenvalue weighted by Crippen LogP contribution is -2.47. The Hall–Kier alpha value is -4.95. The average molecular weight is 658 g/mol. The second kappa shape index (κ2) is 15.1. The molecule has 244 valence electrons. The predicted molar refractivity (Wildman–Crippen MR) is 173 cm³/mol. The van der Waals surface area contributed by atoms with Gasteiger partial charge in [0.1, 0.15) is 23.4 Å². The molecule has 1 atom stereocenters. The van der Waals surface area contributed by atoms with E-state index in [4.69, 9.17) is 9.47 Å². The molecule has 2 aliphatic heterocycles. The first-order valence-corrected chi connectivity index (χ1v) is 16.5. The number of esters is 1. The van der Waals surface area contributed by atoms with Gasteiger partial charge in [-0.3, -0.25) is 28.8 Å². The van der Waals surface area contributed by atoms with Gasteiger partial charge < -0.3 is 25.4 Å². The highest BCUT2D eigenvalue weighted by Gasteiger charge is 2.28. The number of ether oxygens (including phenoxy) is 2. The molecule has 1 fully saturated rings. The number of fused-ring (bicyclic) bond motifs is 6. The summed E-state index contributed by atoms with van der Waals surface area (Å²) >= 11 is 1.33. The molecule has 1 aromatic carbocycles. The van der Waals surface area contributed by atoms with Crippen molar-refractivity contribution in [2.45, 2.75) is 57.2 Å². The lowest BCUT2D eigenvalue weighted by Gasteiger charge is -2.22.